The third-order valence-corrected chi connectivity index (χ3v) is 4.94. The summed E-state index contributed by atoms with van der Waals surface area (Å²) in [5.74, 6) is -0.338. The van der Waals surface area contributed by atoms with Crippen LogP contribution in [0.2, 0.25) is 0 Å². The smallest absolute Gasteiger partial charge is 0.243 e. The number of amides is 2. The molecular formula is C17H15N3O3S. The van der Waals surface area contributed by atoms with Crippen molar-refractivity contribution in [2.45, 2.75) is 24.9 Å². The van der Waals surface area contributed by atoms with E-state index in [4.69, 9.17) is 4.42 Å². The van der Waals surface area contributed by atoms with Crippen molar-refractivity contribution in [1.82, 2.24) is 15.6 Å². The molecule has 2 atom stereocenters. The van der Waals surface area contributed by atoms with Crippen LogP contribution < -0.4 is 10.6 Å². The van der Waals surface area contributed by atoms with E-state index in [1.165, 1.54) is 11.3 Å². The van der Waals surface area contributed by atoms with Gasteiger partial charge in [-0.25, -0.2) is 0 Å². The number of fused-ring (bicyclic) bond motifs is 1. The second kappa shape index (κ2) is 6.09. The average Bonchev–Trinajstić information content (AvgIpc) is 3.22. The van der Waals surface area contributed by atoms with Crippen LogP contribution >= 0.6 is 11.3 Å². The summed E-state index contributed by atoms with van der Waals surface area (Å²) >= 11 is 1.47. The maximum atomic E-state index is 12.4. The lowest BCUT2D eigenvalue weighted by Gasteiger charge is -2.29. The number of hydrogen-bond donors (Lipinski definition) is 2. The van der Waals surface area contributed by atoms with E-state index >= 15 is 0 Å². The average molecular weight is 341 g/mol. The lowest BCUT2D eigenvalue weighted by Crippen LogP contribution is -2.62. The van der Waals surface area contributed by atoms with Crippen LogP contribution in [0.25, 0.3) is 11.0 Å². The summed E-state index contributed by atoms with van der Waals surface area (Å²) in [5.41, 5.74) is 3.40. The second-order valence-electron chi connectivity index (χ2n) is 5.76. The van der Waals surface area contributed by atoms with Crippen molar-refractivity contribution in [2.24, 2.45) is 0 Å². The Bertz CT molecular complexity index is 888. The quantitative estimate of drug-likeness (QED) is 0.756. The van der Waals surface area contributed by atoms with Crippen molar-refractivity contribution < 1.29 is 14.0 Å². The first-order chi connectivity index (χ1) is 11.7. The van der Waals surface area contributed by atoms with Gasteiger partial charge in [-0.2, -0.15) is 0 Å². The molecule has 2 aromatic heterocycles. The molecule has 0 radical (unpaired) electrons. The zero-order chi connectivity index (χ0) is 16.5. The highest BCUT2D eigenvalue weighted by atomic mass is 32.1. The third kappa shape index (κ3) is 2.78. The maximum Gasteiger partial charge on any atom is 0.243 e. The molecule has 0 spiro atoms. The monoisotopic (exact) mass is 341 g/mol. The van der Waals surface area contributed by atoms with Crippen molar-refractivity contribution in [3.8, 4) is 0 Å². The number of benzene rings is 1. The molecule has 3 aromatic rings. The molecule has 3 heterocycles. The van der Waals surface area contributed by atoms with Gasteiger partial charge >= 0.3 is 0 Å². The molecule has 0 saturated carbocycles. The van der Waals surface area contributed by atoms with E-state index in [9.17, 15) is 9.59 Å². The molecule has 1 aromatic carbocycles. The number of hydrogen-bond acceptors (Lipinski definition) is 5. The van der Waals surface area contributed by atoms with Gasteiger partial charge in [-0.3, -0.25) is 14.6 Å². The van der Waals surface area contributed by atoms with Crippen molar-refractivity contribution in [1.29, 1.82) is 0 Å². The molecule has 7 heteroatoms. The Hall–Kier alpha value is -2.67. The molecule has 1 fully saturated rings. The van der Waals surface area contributed by atoms with Gasteiger partial charge in [0.15, 0.2) is 0 Å². The zero-order valence-corrected chi connectivity index (χ0v) is 13.5. The molecule has 1 aliphatic rings. The standard InChI is InChI=1S/C17H15N3O3S/c21-16-13(5-10-8-23-15-4-2-1-3-12(10)15)19-17(22)14(20-16)6-11-7-18-9-24-11/h1-4,7-9,13-14H,5-6H2,(H,19,22)(H,20,21). The number of thiazole rings is 1. The van der Waals surface area contributed by atoms with Crippen molar-refractivity contribution in [2.75, 3.05) is 0 Å². The summed E-state index contributed by atoms with van der Waals surface area (Å²) in [6.07, 6.45) is 4.23. The third-order valence-electron chi connectivity index (χ3n) is 4.14. The minimum absolute atomic E-state index is 0.166. The number of furan rings is 1. The maximum absolute atomic E-state index is 12.4. The van der Waals surface area contributed by atoms with Gasteiger partial charge in [0, 0.05) is 34.9 Å². The number of carbonyl (C=O) groups excluding carboxylic acids is 2. The van der Waals surface area contributed by atoms with Crippen molar-refractivity contribution in [3.05, 3.63) is 52.7 Å². The highest BCUT2D eigenvalue weighted by Crippen LogP contribution is 2.22. The van der Waals surface area contributed by atoms with Crippen LogP contribution in [0.15, 0.2) is 46.7 Å². The van der Waals surface area contributed by atoms with Gasteiger partial charge in [0.1, 0.15) is 17.7 Å². The van der Waals surface area contributed by atoms with Gasteiger partial charge in [0.2, 0.25) is 11.8 Å². The minimum Gasteiger partial charge on any atom is -0.464 e. The molecule has 0 aliphatic carbocycles. The summed E-state index contributed by atoms with van der Waals surface area (Å²) in [7, 11) is 0. The van der Waals surface area contributed by atoms with Crippen LogP contribution in [-0.4, -0.2) is 28.9 Å². The van der Waals surface area contributed by atoms with Gasteiger partial charge in [0.05, 0.1) is 11.8 Å². The van der Waals surface area contributed by atoms with Crippen LogP contribution in [0.1, 0.15) is 10.4 Å². The van der Waals surface area contributed by atoms with E-state index < -0.39 is 12.1 Å². The molecule has 1 aliphatic heterocycles. The molecule has 122 valence electrons. The molecule has 1 saturated heterocycles. The summed E-state index contributed by atoms with van der Waals surface area (Å²) in [5, 5.41) is 6.60. The Labute approximate surface area is 141 Å². The Kier molecular flexibility index (Phi) is 3.78. The van der Waals surface area contributed by atoms with Gasteiger partial charge in [-0.05, 0) is 6.07 Å². The highest BCUT2D eigenvalue weighted by Gasteiger charge is 2.34. The lowest BCUT2D eigenvalue weighted by molar-refractivity contribution is -0.136. The first-order valence-corrected chi connectivity index (χ1v) is 8.52. The Morgan fingerprint density at radius 2 is 1.83 bits per heavy atom. The van der Waals surface area contributed by atoms with Crippen molar-refractivity contribution >= 4 is 34.1 Å². The molecule has 0 bridgehead atoms. The molecule has 24 heavy (non-hydrogen) atoms. The Balaban J connectivity index is 1.48. The van der Waals surface area contributed by atoms with E-state index in [0.717, 1.165) is 21.4 Å². The fourth-order valence-corrected chi connectivity index (χ4v) is 3.56. The van der Waals surface area contributed by atoms with E-state index in [-0.39, 0.29) is 11.8 Å². The molecule has 4 rings (SSSR count). The van der Waals surface area contributed by atoms with Gasteiger partial charge in [0.25, 0.3) is 0 Å². The van der Waals surface area contributed by atoms with Crippen LogP contribution in [0.5, 0.6) is 0 Å². The molecular weight excluding hydrogens is 326 g/mol. The molecule has 2 N–H and O–H groups in total. The van der Waals surface area contributed by atoms with Crippen LogP contribution in [0.4, 0.5) is 0 Å². The number of para-hydroxylation sites is 1. The van der Waals surface area contributed by atoms with Gasteiger partial charge in [-0.15, -0.1) is 11.3 Å². The van der Waals surface area contributed by atoms with Crippen LogP contribution in [-0.2, 0) is 22.4 Å². The summed E-state index contributed by atoms with van der Waals surface area (Å²) in [6, 6.07) is 6.51. The van der Waals surface area contributed by atoms with E-state index in [1.807, 2.05) is 24.3 Å². The van der Waals surface area contributed by atoms with E-state index in [1.54, 1.807) is 18.0 Å². The number of piperazine rings is 1. The van der Waals surface area contributed by atoms with Gasteiger partial charge < -0.3 is 15.1 Å². The number of nitrogens with one attached hydrogen (secondary N) is 2. The topological polar surface area (TPSA) is 84.2 Å². The highest BCUT2D eigenvalue weighted by molar-refractivity contribution is 7.09. The fourth-order valence-electron chi connectivity index (χ4n) is 2.92. The molecule has 2 unspecified atom stereocenters. The molecule has 2 amide bonds. The summed E-state index contributed by atoms with van der Waals surface area (Å²) < 4.78 is 5.49. The number of aromatic nitrogens is 1. The largest absolute Gasteiger partial charge is 0.464 e. The summed E-state index contributed by atoms with van der Waals surface area (Å²) in [4.78, 5) is 29.6. The first-order valence-electron chi connectivity index (χ1n) is 7.64. The second-order valence-corrected chi connectivity index (χ2v) is 6.73. The zero-order valence-electron chi connectivity index (χ0n) is 12.7. The van der Waals surface area contributed by atoms with Gasteiger partial charge in [-0.1, -0.05) is 18.2 Å². The number of nitrogens with zero attached hydrogens (tertiary/aromatic N) is 1. The van der Waals surface area contributed by atoms with Crippen molar-refractivity contribution in [3.63, 3.8) is 0 Å². The Morgan fingerprint density at radius 3 is 2.58 bits per heavy atom. The minimum atomic E-state index is -0.587. The normalized spacial score (nSPS) is 20.8. The van der Waals surface area contributed by atoms with Crippen LogP contribution in [0.3, 0.4) is 0 Å². The van der Waals surface area contributed by atoms with E-state index in [2.05, 4.69) is 15.6 Å². The lowest BCUT2D eigenvalue weighted by atomic mass is 10.0. The SMILES string of the molecule is O=C1NC(Cc2coc3ccccc23)C(=O)NC1Cc1cncs1. The first kappa shape index (κ1) is 14.9. The van der Waals surface area contributed by atoms with Crippen LogP contribution in [0, 0.1) is 0 Å². The number of rotatable bonds is 4. The van der Waals surface area contributed by atoms with E-state index in [0.29, 0.717) is 12.8 Å². The summed E-state index contributed by atoms with van der Waals surface area (Å²) in [6.45, 7) is 0. The predicted octanol–water partition coefficient (Wildman–Crippen LogP) is 1.66. The number of carbonyl (C=O) groups is 2. The molecule has 6 nitrogen and oxygen atoms in total. The Morgan fingerprint density at radius 1 is 1.08 bits per heavy atom. The predicted molar refractivity (Wildman–Crippen MR) is 89.6 cm³/mol. The fraction of sp³-hybridized carbons (Fsp3) is 0.235.